The van der Waals surface area contributed by atoms with Crippen LogP contribution in [0, 0.1) is 0 Å². The summed E-state index contributed by atoms with van der Waals surface area (Å²) in [5, 5.41) is 5.38. The van der Waals surface area contributed by atoms with Crippen LogP contribution in [-0.2, 0) is 16.6 Å². The molecule has 4 aromatic rings. The van der Waals surface area contributed by atoms with Gasteiger partial charge in [-0.25, -0.2) is 13.2 Å². The molecule has 0 saturated heterocycles. The van der Waals surface area contributed by atoms with Gasteiger partial charge in [0.1, 0.15) is 11.5 Å². The number of para-hydroxylation sites is 1. The average molecular weight is 475 g/mol. The van der Waals surface area contributed by atoms with Crippen LogP contribution >= 0.6 is 0 Å². The molecule has 0 aliphatic carbocycles. The molecule has 0 unspecified atom stereocenters. The van der Waals surface area contributed by atoms with E-state index in [1.165, 1.54) is 24.3 Å². The van der Waals surface area contributed by atoms with Gasteiger partial charge < -0.3 is 15.4 Å². The summed E-state index contributed by atoms with van der Waals surface area (Å²) in [5.74, 6) is 1.15. The predicted octanol–water partition coefficient (Wildman–Crippen LogP) is 5.00. The summed E-state index contributed by atoms with van der Waals surface area (Å²) in [7, 11) is -3.84. The number of carbonyl (C=O) groups excluding carboxylic acids is 1. The van der Waals surface area contributed by atoms with Gasteiger partial charge in [-0.05, 0) is 60.2 Å². The van der Waals surface area contributed by atoms with E-state index < -0.39 is 16.1 Å². The zero-order valence-corrected chi connectivity index (χ0v) is 18.8. The number of carbonyl (C=O) groups is 1. The fourth-order valence-corrected chi connectivity index (χ4v) is 4.09. The number of nitrogens with one attached hydrogen (secondary N) is 3. The molecule has 0 aliphatic heterocycles. The molecular formula is C25H22N4O4S. The minimum Gasteiger partial charge on any atom is -0.457 e. The van der Waals surface area contributed by atoms with Crippen molar-refractivity contribution in [2.24, 2.45) is 0 Å². The zero-order valence-electron chi connectivity index (χ0n) is 18.0. The fourth-order valence-electron chi connectivity index (χ4n) is 3.04. The topological polar surface area (TPSA) is 109 Å². The largest absolute Gasteiger partial charge is 0.457 e. The number of nitrogens with zero attached hydrogens (tertiary/aromatic N) is 1. The molecule has 4 rings (SSSR count). The van der Waals surface area contributed by atoms with Crippen LogP contribution < -0.4 is 20.1 Å². The summed E-state index contributed by atoms with van der Waals surface area (Å²) in [6, 6.07) is 25.0. The summed E-state index contributed by atoms with van der Waals surface area (Å²) in [5.41, 5.74) is 1.69. The van der Waals surface area contributed by atoms with Crippen molar-refractivity contribution >= 4 is 27.4 Å². The number of benzene rings is 3. The smallest absolute Gasteiger partial charge is 0.319 e. The van der Waals surface area contributed by atoms with Gasteiger partial charge in [0.2, 0.25) is 0 Å². The lowest BCUT2D eigenvalue weighted by molar-refractivity contribution is 0.251. The number of urea groups is 1. The number of pyridine rings is 1. The Bertz CT molecular complexity index is 1350. The molecule has 8 nitrogen and oxygen atoms in total. The molecule has 0 fully saturated rings. The third-order valence-electron chi connectivity index (χ3n) is 4.66. The van der Waals surface area contributed by atoms with E-state index in [0.717, 1.165) is 5.56 Å². The first kappa shape index (κ1) is 22.8. The van der Waals surface area contributed by atoms with Gasteiger partial charge in [0.25, 0.3) is 10.0 Å². The summed E-state index contributed by atoms with van der Waals surface area (Å²) in [6.07, 6.45) is 3.32. The van der Waals surface area contributed by atoms with Crippen molar-refractivity contribution in [1.82, 2.24) is 10.3 Å². The lowest BCUT2D eigenvalue weighted by atomic mass is 10.3. The van der Waals surface area contributed by atoms with Crippen molar-refractivity contribution in [3.63, 3.8) is 0 Å². The highest BCUT2D eigenvalue weighted by molar-refractivity contribution is 7.92. The van der Waals surface area contributed by atoms with Crippen molar-refractivity contribution in [1.29, 1.82) is 0 Å². The molecule has 0 saturated carbocycles. The van der Waals surface area contributed by atoms with Crippen LogP contribution in [0.1, 0.15) is 5.56 Å². The summed E-state index contributed by atoms with van der Waals surface area (Å²) in [4.78, 5) is 16.1. The molecule has 1 heterocycles. The third kappa shape index (κ3) is 6.33. The Balaban J connectivity index is 1.36. The van der Waals surface area contributed by atoms with E-state index in [1.807, 2.05) is 36.4 Å². The van der Waals surface area contributed by atoms with E-state index in [1.54, 1.807) is 42.7 Å². The van der Waals surface area contributed by atoms with Crippen LogP contribution in [0.2, 0.25) is 0 Å². The van der Waals surface area contributed by atoms with Gasteiger partial charge in [-0.2, -0.15) is 0 Å². The highest BCUT2D eigenvalue weighted by atomic mass is 32.2. The lowest BCUT2D eigenvalue weighted by Crippen LogP contribution is -2.28. The first-order valence-electron chi connectivity index (χ1n) is 10.4. The van der Waals surface area contributed by atoms with Gasteiger partial charge >= 0.3 is 6.03 Å². The van der Waals surface area contributed by atoms with Crippen molar-refractivity contribution in [2.45, 2.75) is 11.4 Å². The summed E-state index contributed by atoms with van der Waals surface area (Å²) >= 11 is 0. The highest BCUT2D eigenvalue weighted by Crippen LogP contribution is 2.25. The van der Waals surface area contributed by atoms with E-state index in [-0.39, 0.29) is 4.90 Å². The quantitative estimate of drug-likeness (QED) is 0.333. The SMILES string of the molecule is O=C(NCc1cccnc1)Nc1ccc(S(=O)(=O)Nc2cccc(Oc3ccccc3)c2)cc1. The molecule has 0 aliphatic rings. The second-order valence-electron chi connectivity index (χ2n) is 7.24. The second-order valence-corrected chi connectivity index (χ2v) is 8.92. The Morgan fingerprint density at radius 1 is 0.824 bits per heavy atom. The minimum absolute atomic E-state index is 0.0585. The Labute approximate surface area is 197 Å². The molecular weight excluding hydrogens is 452 g/mol. The number of sulfonamides is 1. The molecule has 0 bridgehead atoms. The molecule has 3 aromatic carbocycles. The van der Waals surface area contributed by atoms with Crippen molar-refractivity contribution in [3.05, 3.63) is 109 Å². The molecule has 2 amide bonds. The van der Waals surface area contributed by atoms with E-state index in [9.17, 15) is 13.2 Å². The average Bonchev–Trinajstić information content (AvgIpc) is 2.84. The molecule has 9 heteroatoms. The van der Waals surface area contributed by atoms with Gasteiger partial charge in [0, 0.05) is 30.7 Å². The number of hydrogen-bond acceptors (Lipinski definition) is 5. The summed E-state index contributed by atoms with van der Waals surface area (Å²) in [6.45, 7) is 0.323. The maximum absolute atomic E-state index is 12.8. The standard InChI is InChI=1S/C25H22N4O4S/c30-25(27-18-19-6-5-15-26-17-19)28-20-11-13-24(14-12-20)34(31,32)29-21-7-4-10-23(16-21)33-22-8-2-1-3-9-22/h1-17,29H,18H2,(H2,27,28,30). The summed E-state index contributed by atoms with van der Waals surface area (Å²) < 4.78 is 33.9. The van der Waals surface area contributed by atoms with Crippen LogP contribution in [0.15, 0.2) is 108 Å². The van der Waals surface area contributed by atoms with Gasteiger partial charge in [-0.1, -0.05) is 30.3 Å². The lowest BCUT2D eigenvalue weighted by Gasteiger charge is -2.11. The predicted molar refractivity (Wildman–Crippen MR) is 130 cm³/mol. The number of anilines is 2. The molecule has 172 valence electrons. The van der Waals surface area contributed by atoms with Crippen LogP contribution in [0.25, 0.3) is 0 Å². The van der Waals surface area contributed by atoms with Crippen molar-refractivity contribution in [3.8, 4) is 11.5 Å². The maximum atomic E-state index is 12.8. The molecule has 0 spiro atoms. The number of hydrogen-bond donors (Lipinski definition) is 3. The van der Waals surface area contributed by atoms with Gasteiger partial charge in [-0.15, -0.1) is 0 Å². The highest BCUT2D eigenvalue weighted by Gasteiger charge is 2.15. The molecule has 34 heavy (non-hydrogen) atoms. The van der Waals surface area contributed by atoms with E-state index in [0.29, 0.717) is 29.4 Å². The first-order valence-corrected chi connectivity index (χ1v) is 11.9. The minimum atomic E-state index is -3.84. The normalized spacial score (nSPS) is 10.8. The number of ether oxygens (including phenoxy) is 1. The van der Waals surface area contributed by atoms with Crippen molar-refractivity contribution in [2.75, 3.05) is 10.0 Å². The molecule has 1 aromatic heterocycles. The number of aromatic nitrogens is 1. The monoisotopic (exact) mass is 474 g/mol. The van der Waals surface area contributed by atoms with Gasteiger partial charge in [0.15, 0.2) is 0 Å². The van der Waals surface area contributed by atoms with Crippen LogP contribution in [0.5, 0.6) is 11.5 Å². The van der Waals surface area contributed by atoms with Gasteiger partial charge in [0.05, 0.1) is 10.6 Å². The first-order chi connectivity index (χ1) is 16.5. The van der Waals surface area contributed by atoms with Gasteiger partial charge in [-0.3, -0.25) is 9.71 Å². The van der Waals surface area contributed by atoms with E-state index in [4.69, 9.17) is 4.74 Å². The second kappa shape index (κ2) is 10.5. The molecule has 0 atom stereocenters. The molecule has 3 N–H and O–H groups in total. The van der Waals surface area contributed by atoms with E-state index >= 15 is 0 Å². The Morgan fingerprint density at radius 2 is 1.59 bits per heavy atom. The van der Waals surface area contributed by atoms with Crippen molar-refractivity contribution < 1.29 is 17.9 Å². The maximum Gasteiger partial charge on any atom is 0.319 e. The van der Waals surface area contributed by atoms with Crippen LogP contribution in [-0.4, -0.2) is 19.4 Å². The Morgan fingerprint density at radius 3 is 2.32 bits per heavy atom. The Hall–Kier alpha value is -4.37. The fraction of sp³-hybridized carbons (Fsp3) is 0.0400. The number of amides is 2. The Kier molecular flexibility index (Phi) is 7.04. The molecule has 0 radical (unpaired) electrons. The van der Waals surface area contributed by atoms with Crippen LogP contribution in [0.3, 0.4) is 0 Å². The zero-order chi connectivity index (χ0) is 23.8. The third-order valence-corrected chi connectivity index (χ3v) is 6.06. The van der Waals surface area contributed by atoms with Crippen LogP contribution in [0.4, 0.5) is 16.2 Å². The number of rotatable bonds is 8. The van der Waals surface area contributed by atoms with E-state index in [2.05, 4.69) is 20.3 Å².